The van der Waals surface area contributed by atoms with Crippen molar-refractivity contribution in [1.82, 2.24) is 15.1 Å². The number of hydrogen-bond donors (Lipinski definition) is 3. The van der Waals surface area contributed by atoms with Crippen LogP contribution >= 0.6 is 0 Å². The normalized spacial score (nSPS) is 13.1. The van der Waals surface area contributed by atoms with Crippen LogP contribution in [0.3, 0.4) is 0 Å². The lowest BCUT2D eigenvalue weighted by atomic mass is 10.0. The van der Waals surface area contributed by atoms with Crippen LogP contribution in [0.2, 0.25) is 0 Å². The van der Waals surface area contributed by atoms with E-state index in [1.54, 1.807) is 11.0 Å². The standard InChI is InChI=1S/C24H28N4O4/c1-14(2)8-22(30)23-18-10-19(21(29)11-20(18)26-27-23)24(31)28-12-15-4-5-17(9-16(15)13-28)32-7-3-6-25/h4-5,9-11,14,29H,3,6-8,12-13,25H2,1-2H3,(H,26,27). The Kier molecular flexibility index (Phi) is 6.14. The third-order valence-corrected chi connectivity index (χ3v) is 5.57. The van der Waals surface area contributed by atoms with E-state index in [4.69, 9.17) is 10.5 Å². The van der Waals surface area contributed by atoms with E-state index < -0.39 is 0 Å². The highest BCUT2D eigenvalue weighted by Gasteiger charge is 2.28. The van der Waals surface area contributed by atoms with E-state index in [9.17, 15) is 14.7 Å². The van der Waals surface area contributed by atoms with E-state index in [0.717, 1.165) is 23.3 Å². The van der Waals surface area contributed by atoms with Crippen molar-refractivity contribution in [2.75, 3.05) is 13.2 Å². The second-order valence-corrected chi connectivity index (χ2v) is 8.59. The molecule has 2 heterocycles. The minimum atomic E-state index is -0.297. The number of aromatic nitrogens is 2. The number of fused-ring (bicyclic) bond motifs is 2. The van der Waals surface area contributed by atoms with Gasteiger partial charge in [0.05, 0.1) is 17.7 Å². The van der Waals surface area contributed by atoms with Gasteiger partial charge in [0, 0.05) is 31.0 Å². The first-order valence-corrected chi connectivity index (χ1v) is 10.9. The summed E-state index contributed by atoms with van der Waals surface area (Å²) in [6, 6.07) is 8.82. The molecule has 8 nitrogen and oxygen atoms in total. The Morgan fingerprint density at radius 1 is 1.22 bits per heavy atom. The zero-order chi connectivity index (χ0) is 22.8. The fraction of sp³-hybridized carbons (Fsp3) is 0.375. The summed E-state index contributed by atoms with van der Waals surface area (Å²) in [7, 11) is 0. The number of hydrogen-bond acceptors (Lipinski definition) is 6. The molecule has 2 aromatic carbocycles. The van der Waals surface area contributed by atoms with E-state index >= 15 is 0 Å². The summed E-state index contributed by atoms with van der Waals surface area (Å²) in [4.78, 5) is 27.5. The number of phenols is 1. The molecule has 1 amide bonds. The third-order valence-electron chi connectivity index (χ3n) is 5.57. The van der Waals surface area contributed by atoms with Crippen molar-refractivity contribution < 1.29 is 19.4 Å². The molecular weight excluding hydrogens is 408 g/mol. The van der Waals surface area contributed by atoms with Crippen molar-refractivity contribution in [2.45, 2.75) is 39.8 Å². The number of benzene rings is 2. The molecule has 0 spiro atoms. The molecule has 0 fully saturated rings. The minimum absolute atomic E-state index is 0.0916. The van der Waals surface area contributed by atoms with Gasteiger partial charge in [-0.05, 0) is 48.2 Å². The van der Waals surface area contributed by atoms with Crippen LogP contribution in [0.5, 0.6) is 11.5 Å². The number of H-pyrrole nitrogens is 1. The van der Waals surface area contributed by atoms with Gasteiger partial charge in [-0.1, -0.05) is 19.9 Å². The molecule has 0 saturated carbocycles. The molecule has 0 unspecified atom stereocenters. The van der Waals surface area contributed by atoms with Crippen molar-refractivity contribution >= 4 is 22.6 Å². The lowest BCUT2D eigenvalue weighted by Crippen LogP contribution is -2.25. The third kappa shape index (κ3) is 4.31. The van der Waals surface area contributed by atoms with E-state index in [0.29, 0.717) is 49.3 Å². The summed E-state index contributed by atoms with van der Waals surface area (Å²) < 4.78 is 5.71. The van der Waals surface area contributed by atoms with Crippen LogP contribution in [0.15, 0.2) is 30.3 Å². The summed E-state index contributed by atoms with van der Waals surface area (Å²) in [5, 5.41) is 18.0. The maximum atomic E-state index is 13.3. The molecule has 0 radical (unpaired) electrons. The number of nitrogens with two attached hydrogens (primary N) is 1. The Bertz CT molecular complexity index is 1170. The average Bonchev–Trinajstić information content (AvgIpc) is 3.35. The largest absolute Gasteiger partial charge is 0.507 e. The number of nitrogens with zero attached hydrogens (tertiary/aromatic N) is 2. The molecule has 168 valence electrons. The van der Waals surface area contributed by atoms with Crippen molar-refractivity contribution in [3.05, 3.63) is 52.7 Å². The topological polar surface area (TPSA) is 122 Å². The fourth-order valence-electron chi connectivity index (χ4n) is 3.95. The number of carbonyl (C=O) groups is 2. The Labute approximate surface area is 186 Å². The van der Waals surface area contributed by atoms with Gasteiger partial charge >= 0.3 is 0 Å². The van der Waals surface area contributed by atoms with Crippen LogP contribution < -0.4 is 10.5 Å². The van der Waals surface area contributed by atoms with Gasteiger partial charge in [-0.15, -0.1) is 0 Å². The predicted octanol–water partition coefficient (Wildman–Crippen LogP) is 3.38. The van der Waals surface area contributed by atoms with Gasteiger partial charge in [0.2, 0.25) is 0 Å². The van der Waals surface area contributed by atoms with Gasteiger partial charge in [0.1, 0.15) is 17.2 Å². The Balaban J connectivity index is 1.56. The summed E-state index contributed by atoms with van der Waals surface area (Å²) in [5.41, 5.74) is 8.54. The minimum Gasteiger partial charge on any atom is -0.507 e. The number of amides is 1. The van der Waals surface area contributed by atoms with E-state index in [1.165, 1.54) is 6.07 Å². The fourth-order valence-corrected chi connectivity index (χ4v) is 3.95. The van der Waals surface area contributed by atoms with Crippen molar-refractivity contribution in [2.24, 2.45) is 11.7 Å². The van der Waals surface area contributed by atoms with E-state index in [1.807, 2.05) is 32.0 Å². The number of ether oxygens (including phenoxy) is 1. The van der Waals surface area contributed by atoms with Crippen LogP contribution in [0.1, 0.15) is 58.7 Å². The number of aromatic amines is 1. The Morgan fingerprint density at radius 3 is 2.75 bits per heavy atom. The van der Waals surface area contributed by atoms with Gasteiger partial charge in [-0.2, -0.15) is 5.10 Å². The number of carbonyl (C=O) groups excluding carboxylic acids is 2. The molecule has 0 bridgehead atoms. The van der Waals surface area contributed by atoms with Crippen molar-refractivity contribution in [1.29, 1.82) is 0 Å². The van der Waals surface area contributed by atoms with Gasteiger partial charge in [-0.3, -0.25) is 14.7 Å². The van der Waals surface area contributed by atoms with Crippen LogP contribution in [0.4, 0.5) is 0 Å². The number of nitrogens with one attached hydrogen (secondary N) is 1. The van der Waals surface area contributed by atoms with Crippen LogP contribution in [0.25, 0.3) is 10.9 Å². The molecule has 1 aliphatic heterocycles. The monoisotopic (exact) mass is 436 g/mol. The van der Waals surface area contributed by atoms with E-state index in [2.05, 4.69) is 10.2 Å². The van der Waals surface area contributed by atoms with Crippen LogP contribution in [-0.4, -0.2) is 45.0 Å². The molecule has 8 heteroatoms. The number of aromatic hydroxyl groups is 1. The van der Waals surface area contributed by atoms with Crippen LogP contribution in [-0.2, 0) is 13.1 Å². The first-order valence-electron chi connectivity index (χ1n) is 10.9. The molecule has 32 heavy (non-hydrogen) atoms. The molecule has 4 N–H and O–H groups in total. The average molecular weight is 437 g/mol. The molecule has 4 rings (SSSR count). The lowest BCUT2D eigenvalue weighted by Gasteiger charge is -2.16. The SMILES string of the molecule is CC(C)CC(=O)c1n[nH]c2cc(O)c(C(=O)N3Cc4ccc(OCCCN)cc4C3)cc12. The quantitative estimate of drug-likeness (QED) is 0.368. The van der Waals surface area contributed by atoms with Gasteiger partial charge in [-0.25, -0.2) is 0 Å². The summed E-state index contributed by atoms with van der Waals surface area (Å²) >= 11 is 0. The van der Waals surface area contributed by atoms with E-state index in [-0.39, 0.29) is 28.9 Å². The molecule has 1 aliphatic rings. The Hall–Kier alpha value is -3.39. The first-order chi connectivity index (χ1) is 15.4. The Morgan fingerprint density at radius 2 is 2.00 bits per heavy atom. The summed E-state index contributed by atoms with van der Waals surface area (Å²) in [6.45, 7) is 5.92. The molecule has 0 saturated heterocycles. The predicted molar refractivity (Wildman–Crippen MR) is 121 cm³/mol. The lowest BCUT2D eigenvalue weighted by molar-refractivity contribution is 0.0748. The first kappa shape index (κ1) is 21.8. The summed E-state index contributed by atoms with van der Waals surface area (Å²) in [5.74, 6) is 0.415. The van der Waals surface area contributed by atoms with Gasteiger partial charge in [0.25, 0.3) is 5.91 Å². The number of phenolic OH excluding ortho intramolecular Hbond substituents is 1. The van der Waals surface area contributed by atoms with Crippen molar-refractivity contribution in [3.63, 3.8) is 0 Å². The number of rotatable bonds is 8. The molecule has 3 aromatic rings. The van der Waals surface area contributed by atoms with Gasteiger partial charge < -0.3 is 20.5 Å². The second-order valence-electron chi connectivity index (χ2n) is 8.59. The van der Waals surface area contributed by atoms with Gasteiger partial charge in [0.15, 0.2) is 5.78 Å². The smallest absolute Gasteiger partial charge is 0.258 e. The molecule has 0 aliphatic carbocycles. The highest BCUT2D eigenvalue weighted by atomic mass is 16.5. The van der Waals surface area contributed by atoms with Crippen LogP contribution in [0, 0.1) is 5.92 Å². The zero-order valence-corrected chi connectivity index (χ0v) is 18.4. The molecular formula is C24H28N4O4. The second kappa shape index (κ2) is 9.00. The highest BCUT2D eigenvalue weighted by molar-refractivity contribution is 6.09. The molecule has 0 atom stereocenters. The van der Waals surface area contributed by atoms with Crippen molar-refractivity contribution in [3.8, 4) is 11.5 Å². The molecule has 1 aromatic heterocycles. The maximum Gasteiger partial charge on any atom is 0.258 e. The summed E-state index contributed by atoms with van der Waals surface area (Å²) in [6.07, 6.45) is 1.14. The number of Topliss-reactive ketones (excluding diaryl/α,β-unsaturated/α-hetero) is 1. The highest BCUT2D eigenvalue weighted by Crippen LogP contribution is 2.32. The zero-order valence-electron chi connectivity index (χ0n) is 18.4. The number of ketones is 1. The maximum absolute atomic E-state index is 13.3.